The molecule has 0 fully saturated rings. The van der Waals surface area contributed by atoms with E-state index >= 15 is 0 Å². The Morgan fingerprint density at radius 3 is 2.79 bits per heavy atom. The Morgan fingerprint density at radius 2 is 2.00 bits per heavy atom. The van der Waals surface area contributed by atoms with Crippen molar-refractivity contribution in [2.75, 3.05) is 5.32 Å². The maximum atomic E-state index is 13.5. The van der Waals surface area contributed by atoms with Gasteiger partial charge in [-0.3, -0.25) is 4.98 Å². The predicted molar refractivity (Wildman–Crippen MR) is 91.8 cm³/mol. The Kier molecular flexibility index (Phi) is 4.51. The molecule has 4 heterocycles. The van der Waals surface area contributed by atoms with Gasteiger partial charge in [-0.25, -0.2) is 24.1 Å². The molecule has 4 aromatic heterocycles. The Hall–Kier alpha value is -3.70. The van der Waals surface area contributed by atoms with Crippen LogP contribution in [0.3, 0.4) is 0 Å². The molecule has 1 atom stereocenters. The highest BCUT2D eigenvalue weighted by Gasteiger charge is 2.16. The van der Waals surface area contributed by atoms with Gasteiger partial charge in [-0.1, -0.05) is 0 Å². The van der Waals surface area contributed by atoms with Crippen LogP contribution in [0.2, 0.25) is 0 Å². The van der Waals surface area contributed by atoms with Gasteiger partial charge in [0.1, 0.15) is 11.3 Å². The smallest absolute Gasteiger partial charge is 0.388 e. The molecule has 0 aliphatic heterocycles. The molecular weight excluding hydrogens is 377 g/mol. The van der Waals surface area contributed by atoms with Crippen molar-refractivity contribution in [3.05, 3.63) is 48.3 Å². The number of alkyl halides is 2. The fraction of sp³-hybridized carbons (Fsp3) is 0.188. The van der Waals surface area contributed by atoms with Crippen LogP contribution in [0, 0.1) is 5.82 Å². The molecule has 0 aliphatic carbocycles. The van der Waals surface area contributed by atoms with Crippen molar-refractivity contribution in [2.45, 2.75) is 19.6 Å². The number of anilines is 2. The van der Waals surface area contributed by atoms with Crippen molar-refractivity contribution < 1.29 is 17.9 Å². The average Bonchev–Trinajstić information content (AvgIpc) is 3.27. The van der Waals surface area contributed by atoms with Crippen LogP contribution in [0.15, 0.2) is 36.9 Å². The minimum atomic E-state index is -2.96. The standard InChI is InChI=1S/C16H13F3N8O/c1-8(9-2-10(17)5-20-4-9)27-15-11(6-22-27)21-7-13(24-15)23-12-3-14(26-25-12)28-16(18)19/h2-8,16H,1H3,(H2,23,24,25,26)/t8-/m0/s1. The summed E-state index contributed by atoms with van der Waals surface area (Å²) >= 11 is 0. The first-order chi connectivity index (χ1) is 13.5. The number of ether oxygens (including phenoxy) is 1. The largest absolute Gasteiger partial charge is 0.417 e. The number of hydrogen-bond donors (Lipinski definition) is 2. The number of aromatic amines is 1. The van der Waals surface area contributed by atoms with Crippen molar-refractivity contribution in [3.63, 3.8) is 0 Å². The fourth-order valence-electron chi connectivity index (χ4n) is 2.62. The second kappa shape index (κ2) is 7.13. The lowest BCUT2D eigenvalue weighted by molar-refractivity contribution is -0.0528. The summed E-state index contributed by atoms with van der Waals surface area (Å²) < 4.78 is 43.7. The molecule has 0 amide bonds. The highest BCUT2D eigenvalue weighted by molar-refractivity contribution is 5.72. The van der Waals surface area contributed by atoms with E-state index < -0.39 is 12.4 Å². The molecule has 0 radical (unpaired) electrons. The van der Waals surface area contributed by atoms with Crippen molar-refractivity contribution >= 4 is 22.8 Å². The van der Waals surface area contributed by atoms with E-state index in [1.165, 1.54) is 18.3 Å². The van der Waals surface area contributed by atoms with Crippen molar-refractivity contribution in [2.24, 2.45) is 0 Å². The van der Waals surface area contributed by atoms with Gasteiger partial charge >= 0.3 is 6.61 Å². The molecule has 4 aromatic rings. The second-order valence-corrected chi connectivity index (χ2v) is 5.79. The van der Waals surface area contributed by atoms with Crippen LogP contribution in [0.5, 0.6) is 5.88 Å². The molecule has 4 rings (SSSR count). The number of rotatable bonds is 6. The Balaban J connectivity index is 1.62. The zero-order valence-corrected chi connectivity index (χ0v) is 14.3. The lowest BCUT2D eigenvalue weighted by Gasteiger charge is -2.13. The summed E-state index contributed by atoms with van der Waals surface area (Å²) in [5.41, 5.74) is 1.60. The van der Waals surface area contributed by atoms with Gasteiger partial charge in [0.25, 0.3) is 0 Å². The Labute approximate surface area is 155 Å². The van der Waals surface area contributed by atoms with Crippen LogP contribution in [0.4, 0.5) is 24.8 Å². The summed E-state index contributed by atoms with van der Waals surface area (Å²) in [5, 5.41) is 13.3. The van der Waals surface area contributed by atoms with Crippen LogP contribution in [0.1, 0.15) is 18.5 Å². The van der Waals surface area contributed by atoms with Crippen molar-refractivity contribution in [1.82, 2.24) is 34.9 Å². The SMILES string of the molecule is C[C@@H](c1cncc(F)c1)n1ncc2ncc(Nc3cc(OC(F)F)[nH]n3)nc21. The topological polar surface area (TPSA) is 106 Å². The first kappa shape index (κ1) is 17.7. The summed E-state index contributed by atoms with van der Waals surface area (Å²) in [6, 6.07) is 2.28. The van der Waals surface area contributed by atoms with Gasteiger partial charge < -0.3 is 10.1 Å². The summed E-state index contributed by atoms with van der Waals surface area (Å²) in [5.74, 6) is -0.106. The fourth-order valence-corrected chi connectivity index (χ4v) is 2.62. The molecule has 0 saturated heterocycles. The van der Waals surface area contributed by atoms with Gasteiger partial charge in [0.05, 0.1) is 24.6 Å². The van der Waals surface area contributed by atoms with Crippen LogP contribution >= 0.6 is 0 Å². The van der Waals surface area contributed by atoms with Gasteiger partial charge in [-0.05, 0) is 18.6 Å². The highest BCUT2D eigenvalue weighted by atomic mass is 19.3. The molecular formula is C16H13F3N8O. The van der Waals surface area contributed by atoms with Crippen LogP contribution in [0.25, 0.3) is 11.2 Å². The monoisotopic (exact) mass is 390 g/mol. The first-order valence-electron chi connectivity index (χ1n) is 8.07. The normalized spacial score (nSPS) is 12.5. The lowest BCUT2D eigenvalue weighted by atomic mass is 10.1. The van der Waals surface area contributed by atoms with E-state index in [0.717, 1.165) is 6.20 Å². The summed E-state index contributed by atoms with van der Waals surface area (Å²) in [7, 11) is 0. The average molecular weight is 390 g/mol. The minimum absolute atomic E-state index is 0.191. The van der Waals surface area contributed by atoms with Crippen molar-refractivity contribution in [1.29, 1.82) is 0 Å². The number of hydrogen-bond acceptors (Lipinski definition) is 7. The summed E-state index contributed by atoms with van der Waals surface area (Å²) in [6.07, 6.45) is 5.66. The van der Waals surface area contributed by atoms with Gasteiger partial charge in [0.2, 0.25) is 5.88 Å². The number of fused-ring (bicyclic) bond motifs is 1. The molecule has 0 bridgehead atoms. The molecule has 0 spiro atoms. The molecule has 9 nitrogen and oxygen atoms in total. The maximum Gasteiger partial charge on any atom is 0.388 e. The molecule has 0 aromatic carbocycles. The molecule has 0 saturated carbocycles. The van der Waals surface area contributed by atoms with E-state index in [0.29, 0.717) is 22.5 Å². The van der Waals surface area contributed by atoms with E-state index in [2.05, 4.69) is 40.3 Å². The molecule has 0 unspecified atom stereocenters. The number of nitrogens with zero attached hydrogens (tertiary/aromatic N) is 6. The predicted octanol–water partition coefficient (Wildman–Crippen LogP) is 3.04. The summed E-state index contributed by atoms with van der Waals surface area (Å²) in [6.45, 7) is -1.13. The number of halogens is 3. The van der Waals surface area contributed by atoms with Gasteiger partial charge in [-0.2, -0.15) is 19.0 Å². The third-order valence-corrected chi connectivity index (χ3v) is 3.90. The van der Waals surface area contributed by atoms with Crippen LogP contribution in [-0.4, -0.2) is 41.5 Å². The zero-order valence-electron chi connectivity index (χ0n) is 14.3. The van der Waals surface area contributed by atoms with Gasteiger partial charge in [0, 0.05) is 12.3 Å². The third-order valence-electron chi connectivity index (χ3n) is 3.90. The van der Waals surface area contributed by atoms with Crippen LogP contribution in [-0.2, 0) is 0 Å². The maximum absolute atomic E-state index is 13.5. The Morgan fingerprint density at radius 1 is 1.14 bits per heavy atom. The van der Waals surface area contributed by atoms with Gasteiger partial charge in [-0.15, -0.1) is 0 Å². The minimum Gasteiger partial charge on any atom is -0.417 e. The summed E-state index contributed by atoms with van der Waals surface area (Å²) in [4.78, 5) is 12.5. The molecule has 12 heteroatoms. The number of nitrogens with one attached hydrogen (secondary N) is 2. The lowest BCUT2D eigenvalue weighted by Crippen LogP contribution is -2.10. The number of pyridine rings is 1. The van der Waals surface area contributed by atoms with E-state index in [1.807, 2.05) is 6.92 Å². The second-order valence-electron chi connectivity index (χ2n) is 5.79. The number of aromatic nitrogens is 7. The molecule has 28 heavy (non-hydrogen) atoms. The van der Waals surface area contributed by atoms with Crippen molar-refractivity contribution in [3.8, 4) is 5.88 Å². The Bertz CT molecular complexity index is 1110. The first-order valence-corrected chi connectivity index (χ1v) is 8.07. The zero-order chi connectivity index (χ0) is 19.7. The molecule has 2 N–H and O–H groups in total. The van der Waals surface area contributed by atoms with E-state index in [1.54, 1.807) is 17.1 Å². The van der Waals surface area contributed by atoms with E-state index in [4.69, 9.17) is 0 Å². The molecule has 0 aliphatic rings. The van der Waals surface area contributed by atoms with Crippen LogP contribution < -0.4 is 10.1 Å². The third kappa shape index (κ3) is 3.56. The number of H-pyrrole nitrogens is 1. The van der Waals surface area contributed by atoms with E-state index in [-0.39, 0.29) is 17.7 Å². The molecule has 144 valence electrons. The van der Waals surface area contributed by atoms with E-state index in [9.17, 15) is 13.2 Å². The van der Waals surface area contributed by atoms with Gasteiger partial charge in [0.15, 0.2) is 17.3 Å². The highest BCUT2D eigenvalue weighted by Crippen LogP contribution is 2.23. The quantitative estimate of drug-likeness (QED) is 0.521.